The van der Waals surface area contributed by atoms with E-state index >= 15 is 0 Å². The lowest BCUT2D eigenvalue weighted by molar-refractivity contribution is -0.117. The average Bonchev–Trinajstić information content (AvgIpc) is 2.97. The number of Topliss-reactive ketones (excluding diaryl/α,β-unsaturated/α-hetero) is 1. The van der Waals surface area contributed by atoms with Gasteiger partial charge in [0.05, 0.1) is 12.7 Å². The summed E-state index contributed by atoms with van der Waals surface area (Å²) in [7, 11) is 1.26. The van der Waals surface area contributed by atoms with E-state index in [0.29, 0.717) is 11.2 Å². The van der Waals surface area contributed by atoms with Gasteiger partial charge in [-0.2, -0.15) is 0 Å². The molecule has 3 rings (SSSR count). The van der Waals surface area contributed by atoms with E-state index in [9.17, 15) is 18.4 Å². The summed E-state index contributed by atoms with van der Waals surface area (Å²) in [5.41, 5.74) is 1.72. The summed E-state index contributed by atoms with van der Waals surface area (Å²) in [5.74, 6) is -2.92. The van der Waals surface area contributed by atoms with Crippen molar-refractivity contribution in [3.63, 3.8) is 0 Å². The zero-order valence-corrected chi connectivity index (χ0v) is 14.3. The van der Waals surface area contributed by atoms with Gasteiger partial charge in [0.25, 0.3) is 0 Å². The number of hydrogen-bond acceptors (Lipinski definition) is 3. The third-order valence-electron chi connectivity index (χ3n) is 4.23. The SMILES string of the molecule is COC(=O)c1cc2ccccn2c1[C@@H](CC(C)=O)c1cc(F)cc(F)c1. The maximum Gasteiger partial charge on any atom is 0.339 e. The van der Waals surface area contributed by atoms with Crippen molar-refractivity contribution in [2.24, 2.45) is 0 Å². The second-order valence-corrected chi connectivity index (χ2v) is 6.09. The first-order valence-corrected chi connectivity index (χ1v) is 8.04. The topological polar surface area (TPSA) is 47.8 Å². The Labute approximate surface area is 149 Å². The fourth-order valence-electron chi connectivity index (χ4n) is 3.21. The van der Waals surface area contributed by atoms with Crippen LogP contribution in [0.4, 0.5) is 8.78 Å². The largest absolute Gasteiger partial charge is 0.465 e. The molecule has 0 aliphatic rings. The van der Waals surface area contributed by atoms with Crippen LogP contribution in [0.25, 0.3) is 5.52 Å². The summed E-state index contributed by atoms with van der Waals surface area (Å²) < 4.78 is 34.2. The molecule has 0 aliphatic heterocycles. The average molecular weight is 357 g/mol. The van der Waals surface area contributed by atoms with Gasteiger partial charge in [-0.05, 0) is 42.8 Å². The van der Waals surface area contributed by atoms with Crippen molar-refractivity contribution < 1.29 is 23.1 Å². The van der Waals surface area contributed by atoms with Gasteiger partial charge >= 0.3 is 5.97 Å². The highest BCUT2D eigenvalue weighted by atomic mass is 19.1. The number of ether oxygens (including phenoxy) is 1. The summed E-state index contributed by atoms with van der Waals surface area (Å²) in [6, 6.07) is 10.2. The number of benzene rings is 1. The number of halogens is 2. The number of rotatable bonds is 5. The molecule has 2 aromatic heterocycles. The molecule has 26 heavy (non-hydrogen) atoms. The van der Waals surface area contributed by atoms with E-state index in [0.717, 1.165) is 6.07 Å². The summed E-state index contributed by atoms with van der Waals surface area (Å²) in [4.78, 5) is 24.2. The minimum absolute atomic E-state index is 0.00606. The number of ketones is 1. The van der Waals surface area contributed by atoms with E-state index in [1.807, 2.05) is 6.07 Å². The number of aromatic nitrogens is 1. The van der Waals surface area contributed by atoms with Gasteiger partial charge < -0.3 is 9.14 Å². The molecule has 0 N–H and O–H groups in total. The highest BCUT2D eigenvalue weighted by Crippen LogP contribution is 2.34. The van der Waals surface area contributed by atoms with Gasteiger partial charge in [0.1, 0.15) is 17.4 Å². The Morgan fingerprint density at radius 2 is 1.81 bits per heavy atom. The number of nitrogens with zero attached hydrogens (tertiary/aromatic N) is 1. The van der Waals surface area contributed by atoms with Crippen LogP contribution in [0.5, 0.6) is 0 Å². The minimum atomic E-state index is -0.742. The van der Waals surface area contributed by atoms with Gasteiger partial charge in [-0.3, -0.25) is 4.79 Å². The Morgan fingerprint density at radius 3 is 2.42 bits per heavy atom. The Bertz CT molecular complexity index is 974. The van der Waals surface area contributed by atoms with Crippen molar-refractivity contribution in [1.82, 2.24) is 4.40 Å². The van der Waals surface area contributed by atoms with E-state index in [2.05, 4.69) is 0 Å². The molecular weight excluding hydrogens is 340 g/mol. The standard InChI is InChI=1S/C20H17F2NO3/c1-12(24)7-17(13-8-14(21)10-15(22)9-13)19-18(20(25)26-2)11-16-5-3-4-6-23(16)19/h3-6,8-11,17H,7H2,1-2H3/t17-/m0/s1. The van der Waals surface area contributed by atoms with Gasteiger partial charge in [0, 0.05) is 35.8 Å². The molecule has 0 bridgehead atoms. The minimum Gasteiger partial charge on any atom is -0.465 e. The first-order chi connectivity index (χ1) is 12.4. The molecule has 0 unspecified atom stereocenters. The van der Waals surface area contributed by atoms with Crippen LogP contribution in [0.15, 0.2) is 48.7 Å². The van der Waals surface area contributed by atoms with Crippen LogP contribution in [0.2, 0.25) is 0 Å². The molecule has 6 heteroatoms. The van der Waals surface area contributed by atoms with E-state index in [1.54, 1.807) is 28.8 Å². The highest BCUT2D eigenvalue weighted by Gasteiger charge is 2.27. The van der Waals surface area contributed by atoms with Crippen LogP contribution in [0, 0.1) is 11.6 Å². The first kappa shape index (κ1) is 17.8. The van der Waals surface area contributed by atoms with Crippen molar-refractivity contribution in [3.05, 3.63) is 77.1 Å². The molecular formula is C20H17F2NO3. The normalized spacial score (nSPS) is 12.2. The van der Waals surface area contributed by atoms with E-state index in [1.165, 1.54) is 26.2 Å². The fourth-order valence-corrected chi connectivity index (χ4v) is 3.21. The number of carbonyl (C=O) groups is 2. The Balaban J connectivity index is 2.30. The Kier molecular flexibility index (Phi) is 4.84. The van der Waals surface area contributed by atoms with Gasteiger partial charge in [-0.25, -0.2) is 13.6 Å². The van der Waals surface area contributed by atoms with Crippen molar-refractivity contribution >= 4 is 17.3 Å². The maximum absolute atomic E-state index is 13.8. The molecule has 1 aromatic carbocycles. The van der Waals surface area contributed by atoms with Crippen molar-refractivity contribution in [2.45, 2.75) is 19.3 Å². The molecule has 0 radical (unpaired) electrons. The zero-order chi connectivity index (χ0) is 18.8. The molecule has 0 spiro atoms. The molecule has 1 atom stereocenters. The summed E-state index contributed by atoms with van der Waals surface area (Å²) in [6.45, 7) is 1.40. The van der Waals surface area contributed by atoms with Gasteiger partial charge in [-0.15, -0.1) is 0 Å². The van der Waals surface area contributed by atoms with Crippen LogP contribution in [-0.2, 0) is 9.53 Å². The number of carbonyl (C=O) groups excluding carboxylic acids is 2. The first-order valence-electron chi connectivity index (χ1n) is 8.04. The van der Waals surface area contributed by atoms with Gasteiger partial charge in [-0.1, -0.05) is 6.07 Å². The Hall–Kier alpha value is -3.02. The number of fused-ring (bicyclic) bond motifs is 1. The lowest BCUT2D eigenvalue weighted by Crippen LogP contribution is -2.14. The van der Waals surface area contributed by atoms with Crippen LogP contribution in [0.1, 0.15) is 40.9 Å². The zero-order valence-electron chi connectivity index (χ0n) is 14.3. The third-order valence-corrected chi connectivity index (χ3v) is 4.23. The molecule has 4 nitrogen and oxygen atoms in total. The molecule has 0 aliphatic carbocycles. The fraction of sp³-hybridized carbons (Fsp3) is 0.200. The predicted molar refractivity (Wildman–Crippen MR) is 92.2 cm³/mol. The van der Waals surface area contributed by atoms with E-state index in [-0.39, 0.29) is 23.3 Å². The summed E-state index contributed by atoms with van der Waals surface area (Å²) >= 11 is 0. The molecule has 0 saturated carbocycles. The molecule has 0 saturated heterocycles. The van der Waals surface area contributed by atoms with Crippen LogP contribution in [-0.4, -0.2) is 23.3 Å². The van der Waals surface area contributed by atoms with Crippen molar-refractivity contribution in [3.8, 4) is 0 Å². The summed E-state index contributed by atoms with van der Waals surface area (Å²) in [6.07, 6.45) is 1.73. The highest BCUT2D eigenvalue weighted by molar-refractivity contribution is 5.93. The molecule has 2 heterocycles. The molecule has 3 aromatic rings. The lowest BCUT2D eigenvalue weighted by atomic mass is 9.88. The molecule has 134 valence electrons. The Morgan fingerprint density at radius 1 is 1.12 bits per heavy atom. The number of pyridine rings is 1. The summed E-state index contributed by atoms with van der Waals surface area (Å²) in [5, 5.41) is 0. The van der Waals surface area contributed by atoms with E-state index < -0.39 is 23.5 Å². The lowest BCUT2D eigenvalue weighted by Gasteiger charge is -2.19. The van der Waals surface area contributed by atoms with Crippen LogP contribution >= 0.6 is 0 Å². The molecule has 0 fully saturated rings. The number of methoxy groups -OCH3 is 1. The second kappa shape index (κ2) is 7.07. The van der Waals surface area contributed by atoms with E-state index in [4.69, 9.17) is 4.74 Å². The van der Waals surface area contributed by atoms with Crippen LogP contribution < -0.4 is 0 Å². The maximum atomic E-state index is 13.8. The quantitative estimate of drug-likeness (QED) is 0.646. The predicted octanol–water partition coefficient (Wildman–Crippen LogP) is 4.12. The number of hydrogen-bond donors (Lipinski definition) is 0. The van der Waals surface area contributed by atoms with Crippen molar-refractivity contribution in [2.75, 3.05) is 7.11 Å². The van der Waals surface area contributed by atoms with Gasteiger partial charge in [0.2, 0.25) is 0 Å². The molecule has 0 amide bonds. The van der Waals surface area contributed by atoms with Crippen molar-refractivity contribution in [1.29, 1.82) is 0 Å². The number of esters is 1. The smallest absolute Gasteiger partial charge is 0.339 e. The monoisotopic (exact) mass is 357 g/mol. The van der Waals surface area contributed by atoms with Gasteiger partial charge in [0.15, 0.2) is 0 Å². The third kappa shape index (κ3) is 3.35. The van der Waals surface area contributed by atoms with Crippen LogP contribution in [0.3, 0.4) is 0 Å². The second-order valence-electron chi connectivity index (χ2n) is 6.09.